The summed E-state index contributed by atoms with van der Waals surface area (Å²) in [5, 5.41) is 0.305. The van der Waals surface area contributed by atoms with Crippen LogP contribution in [0.3, 0.4) is 0 Å². The number of hydrogen-bond donors (Lipinski definition) is 1. The van der Waals surface area contributed by atoms with E-state index in [0.717, 1.165) is 6.42 Å². The van der Waals surface area contributed by atoms with Gasteiger partial charge in [-0.2, -0.15) is 0 Å². The minimum Gasteiger partial charge on any atom is -0.310 e. The van der Waals surface area contributed by atoms with Crippen LogP contribution in [0.2, 0.25) is 5.15 Å². The first-order valence-corrected chi connectivity index (χ1v) is 4.63. The van der Waals surface area contributed by atoms with Crippen LogP contribution >= 0.6 is 11.6 Å². The molecule has 0 saturated heterocycles. The fourth-order valence-corrected chi connectivity index (χ4v) is 1.22. The molecule has 1 rings (SSSR count). The van der Waals surface area contributed by atoms with Crippen molar-refractivity contribution in [2.24, 2.45) is 5.92 Å². The average Bonchev–Trinajstić information content (AvgIpc) is 1.98. The third-order valence-electron chi connectivity index (χ3n) is 1.74. The van der Waals surface area contributed by atoms with E-state index in [4.69, 9.17) is 11.6 Å². The second-order valence-corrected chi connectivity index (χ2v) is 3.88. The molecule has 0 aliphatic rings. The van der Waals surface area contributed by atoms with Gasteiger partial charge in [-0.05, 0) is 12.8 Å². The van der Waals surface area contributed by atoms with Crippen molar-refractivity contribution in [1.29, 1.82) is 0 Å². The van der Waals surface area contributed by atoms with E-state index in [2.05, 4.69) is 23.8 Å². The highest BCUT2D eigenvalue weighted by Gasteiger charge is 2.06. The molecule has 3 nitrogen and oxygen atoms in total. The Kier molecular flexibility index (Phi) is 3.09. The Morgan fingerprint density at radius 2 is 2.15 bits per heavy atom. The molecule has 0 aliphatic heterocycles. The zero-order valence-electron chi connectivity index (χ0n) is 8.02. The standard InChI is InChI=1S/C9H13ClN2O/c1-5(2)4-7-11-8(10)6(3)9(13)12-7/h5H,4H2,1-3H3,(H,11,12,13). The largest absolute Gasteiger partial charge is 0.310 e. The van der Waals surface area contributed by atoms with Crippen LogP contribution in [0.25, 0.3) is 0 Å². The summed E-state index contributed by atoms with van der Waals surface area (Å²) in [4.78, 5) is 18.0. The highest BCUT2D eigenvalue weighted by atomic mass is 35.5. The number of aromatic amines is 1. The lowest BCUT2D eigenvalue weighted by Crippen LogP contribution is -2.16. The maximum atomic E-state index is 11.3. The van der Waals surface area contributed by atoms with E-state index in [1.807, 2.05) is 0 Å². The van der Waals surface area contributed by atoms with Crippen LogP contribution in [0.5, 0.6) is 0 Å². The number of nitrogens with one attached hydrogen (secondary N) is 1. The first-order chi connectivity index (χ1) is 6.00. The Morgan fingerprint density at radius 1 is 1.54 bits per heavy atom. The number of halogens is 1. The van der Waals surface area contributed by atoms with Gasteiger partial charge in [0.2, 0.25) is 0 Å². The van der Waals surface area contributed by atoms with Gasteiger partial charge in [0.1, 0.15) is 11.0 Å². The van der Waals surface area contributed by atoms with Gasteiger partial charge in [0.25, 0.3) is 5.56 Å². The lowest BCUT2D eigenvalue weighted by Gasteiger charge is -2.04. The molecule has 4 heteroatoms. The first kappa shape index (κ1) is 10.3. The number of H-pyrrole nitrogens is 1. The van der Waals surface area contributed by atoms with Crippen molar-refractivity contribution >= 4 is 11.6 Å². The molecule has 1 aromatic rings. The van der Waals surface area contributed by atoms with Gasteiger partial charge in [-0.3, -0.25) is 4.79 Å². The van der Waals surface area contributed by atoms with Crippen molar-refractivity contribution in [2.75, 3.05) is 0 Å². The van der Waals surface area contributed by atoms with Gasteiger partial charge >= 0.3 is 0 Å². The number of nitrogens with zero attached hydrogens (tertiary/aromatic N) is 1. The topological polar surface area (TPSA) is 45.8 Å². The van der Waals surface area contributed by atoms with Crippen molar-refractivity contribution in [3.63, 3.8) is 0 Å². The lowest BCUT2D eigenvalue weighted by atomic mass is 10.1. The molecule has 72 valence electrons. The Balaban J connectivity index is 3.06. The van der Waals surface area contributed by atoms with E-state index in [-0.39, 0.29) is 5.56 Å². The smallest absolute Gasteiger partial charge is 0.255 e. The summed E-state index contributed by atoms with van der Waals surface area (Å²) >= 11 is 5.77. The van der Waals surface area contributed by atoms with Gasteiger partial charge < -0.3 is 4.98 Å². The van der Waals surface area contributed by atoms with Crippen molar-refractivity contribution in [2.45, 2.75) is 27.2 Å². The highest BCUT2D eigenvalue weighted by molar-refractivity contribution is 6.30. The molecule has 0 atom stereocenters. The first-order valence-electron chi connectivity index (χ1n) is 4.26. The van der Waals surface area contributed by atoms with Crippen LogP contribution in [-0.2, 0) is 6.42 Å². The molecule has 0 amide bonds. The molecule has 0 bridgehead atoms. The molecule has 1 heterocycles. The van der Waals surface area contributed by atoms with E-state index < -0.39 is 0 Å². The van der Waals surface area contributed by atoms with Crippen LogP contribution in [0.4, 0.5) is 0 Å². The summed E-state index contributed by atoms with van der Waals surface area (Å²) in [5.41, 5.74) is 0.338. The van der Waals surface area contributed by atoms with Gasteiger partial charge in [0.05, 0.1) is 5.56 Å². The zero-order valence-corrected chi connectivity index (χ0v) is 8.77. The Labute approximate surface area is 82.2 Å². The molecule has 1 aromatic heterocycles. The van der Waals surface area contributed by atoms with Crippen molar-refractivity contribution in [1.82, 2.24) is 9.97 Å². The molecule has 0 aliphatic carbocycles. The van der Waals surface area contributed by atoms with Crippen molar-refractivity contribution in [3.05, 3.63) is 26.9 Å². The number of rotatable bonds is 2. The molecule has 0 saturated carbocycles. The van der Waals surface area contributed by atoms with E-state index >= 15 is 0 Å². The molecule has 0 fully saturated rings. The van der Waals surface area contributed by atoms with Gasteiger partial charge in [0.15, 0.2) is 0 Å². The number of aromatic nitrogens is 2. The van der Waals surface area contributed by atoms with Gasteiger partial charge in [-0.15, -0.1) is 0 Å². The maximum absolute atomic E-state index is 11.3. The Morgan fingerprint density at radius 3 is 2.62 bits per heavy atom. The summed E-state index contributed by atoms with van der Waals surface area (Å²) in [6, 6.07) is 0. The van der Waals surface area contributed by atoms with Crippen LogP contribution in [-0.4, -0.2) is 9.97 Å². The van der Waals surface area contributed by atoms with Gasteiger partial charge in [0, 0.05) is 6.42 Å². The second-order valence-electron chi connectivity index (χ2n) is 3.53. The van der Waals surface area contributed by atoms with Crippen molar-refractivity contribution in [3.8, 4) is 0 Å². The predicted molar refractivity (Wildman–Crippen MR) is 53.1 cm³/mol. The fourth-order valence-electron chi connectivity index (χ4n) is 1.03. The average molecular weight is 201 g/mol. The van der Waals surface area contributed by atoms with E-state index in [9.17, 15) is 4.79 Å². The van der Waals surface area contributed by atoms with Gasteiger partial charge in [-0.1, -0.05) is 25.4 Å². The summed E-state index contributed by atoms with van der Waals surface area (Å²) in [6.45, 7) is 5.79. The minimum absolute atomic E-state index is 0.143. The molecule has 1 N–H and O–H groups in total. The summed E-state index contributed by atoms with van der Waals surface area (Å²) in [7, 11) is 0. The van der Waals surface area contributed by atoms with Crippen LogP contribution in [0, 0.1) is 12.8 Å². The monoisotopic (exact) mass is 200 g/mol. The second kappa shape index (κ2) is 3.92. The SMILES string of the molecule is Cc1c(Cl)nc(CC(C)C)[nH]c1=O. The third kappa shape index (κ3) is 2.56. The van der Waals surface area contributed by atoms with Crippen molar-refractivity contribution < 1.29 is 0 Å². The molecule has 0 unspecified atom stereocenters. The molecular formula is C9H13ClN2O. The van der Waals surface area contributed by atoms with Crippen LogP contribution in [0.15, 0.2) is 4.79 Å². The lowest BCUT2D eigenvalue weighted by molar-refractivity contribution is 0.618. The predicted octanol–water partition coefficient (Wildman–Crippen LogP) is 1.93. The Hall–Kier alpha value is -0.830. The summed E-state index contributed by atoms with van der Waals surface area (Å²) in [5.74, 6) is 1.12. The van der Waals surface area contributed by atoms with Crippen LogP contribution in [0.1, 0.15) is 25.2 Å². The molecule has 0 radical (unpaired) electrons. The molecular weight excluding hydrogens is 188 g/mol. The van der Waals surface area contributed by atoms with E-state index in [1.54, 1.807) is 6.92 Å². The summed E-state index contributed by atoms with van der Waals surface area (Å²) in [6.07, 6.45) is 0.745. The molecule has 0 spiro atoms. The third-order valence-corrected chi connectivity index (χ3v) is 2.11. The maximum Gasteiger partial charge on any atom is 0.255 e. The summed E-state index contributed by atoms with van der Waals surface area (Å²) < 4.78 is 0. The number of hydrogen-bond acceptors (Lipinski definition) is 2. The zero-order chi connectivity index (χ0) is 10.0. The highest BCUT2D eigenvalue weighted by Crippen LogP contribution is 2.08. The molecule has 0 aromatic carbocycles. The molecule has 13 heavy (non-hydrogen) atoms. The van der Waals surface area contributed by atoms with E-state index in [0.29, 0.717) is 22.5 Å². The normalized spacial score (nSPS) is 10.8. The van der Waals surface area contributed by atoms with Crippen LogP contribution < -0.4 is 5.56 Å². The van der Waals surface area contributed by atoms with Gasteiger partial charge in [-0.25, -0.2) is 4.98 Å². The van der Waals surface area contributed by atoms with E-state index in [1.165, 1.54) is 0 Å². The minimum atomic E-state index is -0.143. The quantitative estimate of drug-likeness (QED) is 0.742. The Bertz CT molecular complexity index is 357. The fraction of sp³-hybridized carbons (Fsp3) is 0.556.